The van der Waals surface area contributed by atoms with Crippen molar-refractivity contribution in [3.8, 4) is 0 Å². The average molecular weight is 280 g/mol. The molecule has 0 spiro atoms. The highest BCUT2D eigenvalue weighted by atomic mass is 19.2. The number of rotatable bonds is 2. The van der Waals surface area contributed by atoms with Gasteiger partial charge >= 0.3 is 0 Å². The Bertz CT molecular complexity index is 535. The van der Waals surface area contributed by atoms with E-state index in [1.54, 1.807) is 0 Å². The first-order valence-electron chi connectivity index (χ1n) is 7.09. The van der Waals surface area contributed by atoms with Gasteiger partial charge in [0.05, 0.1) is 5.41 Å². The molecule has 0 unspecified atom stereocenters. The van der Waals surface area contributed by atoms with Crippen LogP contribution in [0.3, 0.4) is 0 Å². The van der Waals surface area contributed by atoms with E-state index in [0.717, 1.165) is 44.4 Å². The first kappa shape index (κ1) is 13.5. The predicted octanol–water partition coefficient (Wildman–Crippen LogP) is 2.68. The van der Waals surface area contributed by atoms with Gasteiger partial charge in [0.25, 0.3) is 0 Å². The van der Waals surface area contributed by atoms with Crippen LogP contribution in [-0.2, 0) is 4.79 Å². The number of benzene rings is 1. The van der Waals surface area contributed by atoms with Crippen LogP contribution in [0.5, 0.6) is 0 Å². The first-order valence-corrected chi connectivity index (χ1v) is 7.09. The van der Waals surface area contributed by atoms with Crippen LogP contribution in [0.15, 0.2) is 18.2 Å². The number of hydrogen-bond donors (Lipinski definition) is 2. The minimum Gasteiger partial charge on any atom is -0.325 e. The van der Waals surface area contributed by atoms with Crippen molar-refractivity contribution in [2.24, 2.45) is 11.3 Å². The molecule has 1 aromatic rings. The maximum atomic E-state index is 13.2. The molecular formula is C15H18F2N2O. The quantitative estimate of drug-likeness (QED) is 0.874. The summed E-state index contributed by atoms with van der Waals surface area (Å²) in [7, 11) is 0. The number of nitrogens with one attached hydrogen (secondary N) is 2. The molecule has 1 amide bonds. The highest BCUT2D eigenvalue weighted by Crippen LogP contribution is 2.44. The minimum atomic E-state index is -0.940. The Morgan fingerprint density at radius 2 is 2.15 bits per heavy atom. The third-order valence-corrected chi connectivity index (χ3v) is 4.67. The van der Waals surface area contributed by atoms with Crippen LogP contribution in [0.4, 0.5) is 14.5 Å². The molecule has 1 aliphatic heterocycles. The van der Waals surface area contributed by atoms with Crippen LogP contribution < -0.4 is 10.6 Å². The normalized spacial score (nSPS) is 29.0. The fraction of sp³-hybridized carbons (Fsp3) is 0.533. The van der Waals surface area contributed by atoms with Crippen LogP contribution in [0, 0.1) is 23.0 Å². The summed E-state index contributed by atoms with van der Waals surface area (Å²) in [6.45, 7) is 1.54. The monoisotopic (exact) mass is 280 g/mol. The highest BCUT2D eigenvalue weighted by Gasteiger charge is 2.49. The molecule has 0 radical (unpaired) electrons. The van der Waals surface area contributed by atoms with Gasteiger partial charge in [0.15, 0.2) is 11.6 Å². The van der Waals surface area contributed by atoms with E-state index in [2.05, 4.69) is 10.6 Å². The van der Waals surface area contributed by atoms with Gasteiger partial charge in [-0.1, -0.05) is 12.8 Å². The van der Waals surface area contributed by atoms with Crippen LogP contribution in [-0.4, -0.2) is 19.0 Å². The van der Waals surface area contributed by atoms with Crippen molar-refractivity contribution in [3.63, 3.8) is 0 Å². The summed E-state index contributed by atoms with van der Waals surface area (Å²) in [6.07, 6.45) is 4.12. The molecule has 1 heterocycles. The summed E-state index contributed by atoms with van der Waals surface area (Å²) in [5, 5.41) is 6.05. The third kappa shape index (κ3) is 2.20. The number of fused-ring (bicyclic) bond motifs is 1. The lowest BCUT2D eigenvalue weighted by Gasteiger charge is -2.37. The fourth-order valence-corrected chi connectivity index (χ4v) is 3.52. The van der Waals surface area contributed by atoms with Crippen LogP contribution in [0.2, 0.25) is 0 Å². The molecule has 1 saturated heterocycles. The van der Waals surface area contributed by atoms with Gasteiger partial charge in [-0.05, 0) is 37.4 Å². The van der Waals surface area contributed by atoms with E-state index < -0.39 is 11.6 Å². The molecule has 2 aliphatic rings. The van der Waals surface area contributed by atoms with Gasteiger partial charge in [-0.2, -0.15) is 0 Å². The molecule has 1 saturated carbocycles. The van der Waals surface area contributed by atoms with Gasteiger partial charge in [-0.3, -0.25) is 4.79 Å². The molecule has 5 heteroatoms. The van der Waals surface area contributed by atoms with Gasteiger partial charge in [-0.25, -0.2) is 8.78 Å². The Morgan fingerprint density at radius 1 is 1.30 bits per heavy atom. The molecule has 2 fully saturated rings. The van der Waals surface area contributed by atoms with Crippen molar-refractivity contribution in [3.05, 3.63) is 29.8 Å². The molecule has 0 aromatic heterocycles. The molecule has 3 nitrogen and oxygen atoms in total. The Labute approximate surface area is 116 Å². The number of anilines is 1. The van der Waals surface area contributed by atoms with Crippen molar-refractivity contribution < 1.29 is 13.6 Å². The maximum absolute atomic E-state index is 13.2. The van der Waals surface area contributed by atoms with E-state index in [0.29, 0.717) is 18.2 Å². The molecule has 1 aromatic carbocycles. The molecule has 0 bridgehead atoms. The summed E-state index contributed by atoms with van der Waals surface area (Å²) in [4.78, 5) is 12.6. The van der Waals surface area contributed by atoms with E-state index in [-0.39, 0.29) is 11.3 Å². The van der Waals surface area contributed by atoms with Crippen molar-refractivity contribution in [1.29, 1.82) is 0 Å². The van der Waals surface area contributed by atoms with E-state index in [1.165, 1.54) is 6.07 Å². The first-order chi connectivity index (χ1) is 9.62. The van der Waals surface area contributed by atoms with Gasteiger partial charge in [0, 0.05) is 18.3 Å². The van der Waals surface area contributed by atoms with Crippen molar-refractivity contribution in [2.75, 3.05) is 18.4 Å². The topological polar surface area (TPSA) is 41.1 Å². The third-order valence-electron chi connectivity index (χ3n) is 4.67. The van der Waals surface area contributed by atoms with Crippen molar-refractivity contribution in [2.45, 2.75) is 25.7 Å². The van der Waals surface area contributed by atoms with Crippen LogP contribution in [0.1, 0.15) is 25.7 Å². The Hall–Kier alpha value is -1.49. The summed E-state index contributed by atoms with van der Waals surface area (Å²) >= 11 is 0. The zero-order valence-corrected chi connectivity index (χ0v) is 11.2. The summed E-state index contributed by atoms with van der Waals surface area (Å²) in [5.74, 6) is -1.57. The number of amides is 1. The predicted molar refractivity (Wildman–Crippen MR) is 72.2 cm³/mol. The minimum absolute atomic E-state index is 0.0711. The van der Waals surface area contributed by atoms with Crippen LogP contribution >= 0.6 is 0 Å². The number of halogens is 2. The smallest absolute Gasteiger partial charge is 0.232 e. The molecule has 3 rings (SSSR count). The summed E-state index contributed by atoms with van der Waals surface area (Å²) < 4.78 is 26.1. The zero-order valence-electron chi connectivity index (χ0n) is 11.2. The second kappa shape index (κ2) is 5.13. The van der Waals surface area contributed by atoms with Crippen molar-refractivity contribution >= 4 is 11.6 Å². The lowest BCUT2D eigenvalue weighted by molar-refractivity contribution is -0.128. The molecule has 2 atom stereocenters. The molecule has 2 N–H and O–H groups in total. The second-order valence-electron chi connectivity index (χ2n) is 5.81. The second-order valence-corrected chi connectivity index (χ2v) is 5.81. The largest absolute Gasteiger partial charge is 0.325 e. The SMILES string of the molecule is O=C(Nc1ccc(F)c(F)c1)[C@@]12CCCC[C@H]1CNC2. The van der Waals surface area contributed by atoms with Gasteiger partial charge in [0.1, 0.15) is 0 Å². The maximum Gasteiger partial charge on any atom is 0.232 e. The standard InChI is InChI=1S/C15H18F2N2O/c16-12-5-4-11(7-13(12)17)19-14(20)15-6-2-1-3-10(15)8-18-9-15/h4-5,7,10,18H,1-3,6,8-9H2,(H,19,20)/t10-,15+/m0/s1. The van der Waals surface area contributed by atoms with Crippen molar-refractivity contribution in [1.82, 2.24) is 5.32 Å². The lowest BCUT2D eigenvalue weighted by atomic mass is 9.67. The lowest BCUT2D eigenvalue weighted by Crippen LogP contribution is -2.44. The van der Waals surface area contributed by atoms with Gasteiger partial charge in [-0.15, -0.1) is 0 Å². The van der Waals surface area contributed by atoms with E-state index in [1.807, 2.05) is 0 Å². The Kier molecular flexibility index (Phi) is 3.46. The Balaban J connectivity index is 1.79. The summed E-state index contributed by atoms with van der Waals surface area (Å²) in [5.41, 5.74) is -0.0668. The average Bonchev–Trinajstić information content (AvgIpc) is 2.88. The van der Waals surface area contributed by atoms with E-state index in [4.69, 9.17) is 0 Å². The fourth-order valence-electron chi connectivity index (χ4n) is 3.52. The zero-order chi connectivity index (χ0) is 14.2. The number of hydrogen-bond acceptors (Lipinski definition) is 2. The highest BCUT2D eigenvalue weighted by molar-refractivity contribution is 5.96. The molecule has 108 valence electrons. The van der Waals surface area contributed by atoms with E-state index in [9.17, 15) is 13.6 Å². The molecule has 20 heavy (non-hydrogen) atoms. The van der Waals surface area contributed by atoms with Gasteiger partial charge < -0.3 is 10.6 Å². The Morgan fingerprint density at radius 3 is 2.95 bits per heavy atom. The molecular weight excluding hydrogens is 262 g/mol. The summed E-state index contributed by atoms with van der Waals surface area (Å²) in [6, 6.07) is 3.46. The number of carbonyl (C=O) groups excluding carboxylic acids is 1. The van der Waals surface area contributed by atoms with Crippen LogP contribution in [0.25, 0.3) is 0 Å². The van der Waals surface area contributed by atoms with Gasteiger partial charge in [0.2, 0.25) is 5.91 Å². The number of carbonyl (C=O) groups is 1. The van der Waals surface area contributed by atoms with E-state index >= 15 is 0 Å². The molecule has 1 aliphatic carbocycles.